The largest absolute Gasteiger partial charge is 0.507 e. The SMILES string of the molecule is Nc1ccc2cccc(O)c2c1/N=N/c1ccc(-c2ccc(/N=N/c3c(N)ccc4cc(S(=O)(=O)O)cc(O)c34)cc2)cc1. The summed E-state index contributed by atoms with van der Waals surface area (Å²) < 4.78 is 32.4. The molecule has 0 aliphatic carbocycles. The predicted molar refractivity (Wildman–Crippen MR) is 170 cm³/mol. The maximum Gasteiger partial charge on any atom is 0.294 e. The molecule has 0 saturated carbocycles. The first-order valence-corrected chi connectivity index (χ1v) is 14.6. The maximum atomic E-state index is 11.5. The van der Waals surface area contributed by atoms with Crippen LogP contribution < -0.4 is 11.5 Å². The second-order valence-corrected chi connectivity index (χ2v) is 11.3. The minimum Gasteiger partial charge on any atom is -0.507 e. The number of nitrogens with zero attached hydrogens (tertiary/aromatic N) is 4. The van der Waals surface area contributed by atoms with Crippen molar-refractivity contribution in [2.24, 2.45) is 20.5 Å². The third kappa shape index (κ3) is 5.50. The van der Waals surface area contributed by atoms with E-state index in [0.29, 0.717) is 33.5 Å². The molecule has 7 N–H and O–H groups in total. The highest BCUT2D eigenvalue weighted by Gasteiger charge is 2.17. The van der Waals surface area contributed by atoms with Crippen molar-refractivity contribution < 1.29 is 23.2 Å². The van der Waals surface area contributed by atoms with E-state index in [1.807, 2.05) is 48.5 Å². The zero-order valence-electron chi connectivity index (χ0n) is 22.8. The van der Waals surface area contributed by atoms with E-state index in [2.05, 4.69) is 20.5 Å². The molecule has 44 heavy (non-hydrogen) atoms. The number of benzene rings is 6. The Morgan fingerprint density at radius 1 is 0.545 bits per heavy atom. The number of anilines is 2. The number of fused-ring (bicyclic) bond motifs is 2. The van der Waals surface area contributed by atoms with E-state index in [9.17, 15) is 23.2 Å². The smallest absolute Gasteiger partial charge is 0.294 e. The van der Waals surface area contributed by atoms with Crippen LogP contribution >= 0.6 is 0 Å². The molecule has 6 rings (SSSR count). The molecule has 218 valence electrons. The fourth-order valence-corrected chi connectivity index (χ4v) is 5.33. The van der Waals surface area contributed by atoms with E-state index in [-0.39, 0.29) is 22.5 Å². The Hall–Kier alpha value is -5.85. The van der Waals surface area contributed by atoms with Crippen molar-refractivity contribution >= 4 is 65.8 Å². The van der Waals surface area contributed by atoms with Gasteiger partial charge >= 0.3 is 0 Å². The van der Waals surface area contributed by atoms with Crippen LogP contribution in [0.4, 0.5) is 34.1 Å². The van der Waals surface area contributed by atoms with Gasteiger partial charge in [-0.3, -0.25) is 4.55 Å². The molecular formula is C32H24N6O5S. The third-order valence-electron chi connectivity index (χ3n) is 7.00. The molecule has 6 aromatic carbocycles. The van der Waals surface area contributed by atoms with Crippen molar-refractivity contribution in [1.82, 2.24) is 0 Å². The molecule has 0 radical (unpaired) electrons. The van der Waals surface area contributed by atoms with Crippen molar-refractivity contribution in [1.29, 1.82) is 0 Å². The van der Waals surface area contributed by atoms with Gasteiger partial charge in [0.1, 0.15) is 22.9 Å². The van der Waals surface area contributed by atoms with Gasteiger partial charge < -0.3 is 21.7 Å². The molecule has 0 amide bonds. The van der Waals surface area contributed by atoms with Gasteiger partial charge in [-0.05, 0) is 70.4 Å². The zero-order valence-corrected chi connectivity index (χ0v) is 23.6. The molecular weight excluding hydrogens is 580 g/mol. The van der Waals surface area contributed by atoms with Crippen LogP contribution in [0.15, 0.2) is 128 Å². The molecule has 0 atom stereocenters. The van der Waals surface area contributed by atoms with Gasteiger partial charge in [0, 0.05) is 6.07 Å². The number of phenolic OH excluding ortho intramolecular Hbond substituents is 2. The highest BCUT2D eigenvalue weighted by atomic mass is 32.2. The van der Waals surface area contributed by atoms with Crippen LogP contribution in [0.25, 0.3) is 32.7 Å². The van der Waals surface area contributed by atoms with Crippen molar-refractivity contribution in [2.45, 2.75) is 4.90 Å². The molecule has 0 heterocycles. The molecule has 0 fully saturated rings. The molecule has 0 unspecified atom stereocenters. The van der Waals surface area contributed by atoms with Crippen LogP contribution in [0.3, 0.4) is 0 Å². The number of phenols is 2. The average molecular weight is 605 g/mol. The number of hydrogen-bond acceptors (Lipinski definition) is 10. The Morgan fingerprint density at radius 2 is 1.05 bits per heavy atom. The summed E-state index contributed by atoms with van der Waals surface area (Å²) in [6, 6.07) is 28.6. The summed E-state index contributed by atoms with van der Waals surface area (Å²) in [6.07, 6.45) is 0. The number of aromatic hydroxyl groups is 2. The molecule has 0 saturated heterocycles. The normalized spacial score (nSPS) is 12.1. The Balaban J connectivity index is 1.22. The summed E-state index contributed by atoms with van der Waals surface area (Å²) in [5.41, 5.74) is 16.4. The van der Waals surface area contributed by atoms with Gasteiger partial charge in [-0.2, -0.15) is 18.6 Å². The van der Waals surface area contributed by atoms with Gasteiger partial charge in [-0.1, -0.05) is 48.5 Å². The predicted octanol–water partition coefficient (Wildman–Crippen LogP) is 8.31. The van der Waals surface area contributed by atoms with Crippen molar-refractivity contribution in [3.8, 4) is 22.6 Å². The lowest BCUT2D eigenvalue weighted by Crippen LogP contribution is -1.98. The molecule has 6 aromatic rings. The number of azo groups is 2. The first-order chi connectivity index (χ1) is 21.1. The minimum absolute atomic E-state index is 0.0788. The molecule has 0 aliphatic rings. The number of rotatable bonds is 6. The van der Waals surface area contributed by atoms with E-state index in [1.54, 1.807) is 30.3 Å². The molecule has 11 nitrogen and oxygen atoms in total. The maximum absolute atomic E-state index is 11.5. The lowest BCUT2D eigenvalue weighted by Gasteiger charge is -2.09. The van der Waals surface area contributed by atoms with Crippen LogP contribution in [0.5, 0.6) is 11.5 Å². The molecule has 0 spiro atoms. The first-order valence-electron chi connectivity index (χ1n) is 13.2. The second kappa shape index (κ2) is 11.1. The van der Waals surface area contributed by atoms with Crippen LogP contribution in [0.1, 0.15) is 0 Å². The van der Waals surface area contributed by atoms with Gasteiger partial charge in [0.2, 0.25) is 0 Å². The number of nitrogen functional groups attached to an aromatic ring is 2. The van der Waals surface area contributed by atoms with Crippen molar-refractivity contribution in [2.75, 3.05) is 11.5 Å². The summed E-state index contributed by atoms with van der Waals surface area (Å²) in [7, 11) is -4.52. The summed E-state index contributed by atoms with van der Waals surface area (Å²) in [6.45, 7) is 0. The summed E-state index contributed by atoms with van der Waals surface area (Å²) in [4.78, 5) is -0.448. The topological polar surface area (TPSA) is 196 Å². The molecule has 0 aliphatic heterocycles. The standard InChI is InChI=1S/C32H24N6O5S/c33-25-14-8-20-2-1-3-27(39)29(20)31(25)37-35-22-10-4-18(5-11-22)19-6-12-23(13-7-19)36-38-32-26(34)15-9-21-16-24(44(41,42)43)17-28(40)30(21)32/h1-17,39-40H,33-34H2,(H,41,42,43)/b37-35+,38-36+. The van der Waals surface area contributed by atoms with Crippen LogP contribution in [0.2, 0.25) is 0 Å². The second-order valence-electron chi connectivity index (χ2n) is 9.89. The Kier molecular flexibility index (Phi) is 7.13. The Labute approximate surface area is 251 Å². The lowest BCUT2D eigenvalue weighted by atomic mass is 10.1. The number of nitrogens with two attached hydrogens (primary N) is 2. The molecule has 12 heteroatoms. The summed E-state index contributed by atoms with van der Waals surface area (Å²) in [5, 5.41) is 39.8. The average Bonchev–Trinajstić information content (AvgIpc) is 3.00. The van der Waals surface area contributed by atoms with E-state index < -0.39 is 20.8 Å². The van der Waals surface area contributed by atoms with E-state index in [4.69, 9.17) is 11.5 Å². The third-order valence-corrected chi connectivity index (χ3v) is 7.83. The van der Waals surface area contributed by atoms with Crippen molar-refractivity contribution in [3.05, 3.63) is 103 Å². The molecule has 0 bridgehead atoms. The fourth-order valence-electron chi connectivity index (χ4n) is 4.79. The fraction of sp³-hybridized carbons (Fsp3) is 0. The van der Waals surface area contributed by atoms with Gasteiger partial charge in [-0.15, -0.1) is 10.2 Å². The van der Waals surface area contributed by atoms with Gasteiger partial charge in [0.15, 0.2) is 0 Å². The summed E-state index contributed by atoms with van der Waals surface area (Å²) in [5.74, 6) is -0.330. The summed E-state index contributed by atoms with van der Waals surface area (Å²) >= 11 is 0. The lowest BCUT2D eigenvalue weighted by molar-refractivity contribution is 0.471. The highest BCUT2D eigenvalue weighted by Crippen LogP contribution is 2.41. The van der Waals surface area contributed by atoms with Crippen molar-refractivity contribution in [3.63, 3.8) is 0 Å². The zero-order chi connectivity index (χ0) is 31.0. The minimum atomic E-state index is -4.52. The van der Waals surface area contributed by atoms with Crippen LogP contribution in [-0.2, 0) is 10.1 Å². The van der Waals surface area contributed by atoms with E-state index in [0.717, 1.165) is 22.6 Å². The van der Waals surface area contributed by atoms with E-state index >= 15 is 0 Å². The van der Waals surface area contributed by atoms with Crippen LogP contribution in [-0.4, -0.2) is 23.2 Å². The first kappa shape index (κ1) is 28.3. The number of hydrogen-bond donors (Lipinski definition) is 5. The highest BCUT2D eigenvalue weighted by molar-refractivity contribution is 7.85. The Bertz CT molecular complexity index is 2230. The monoisotopic (exact) mass is 604 g/mol. The van der Waals surface area contributed by atoms with Gasteiger partial charge in [0.05, 0.1) is 38.4 Å². The van der Waals surface area contributed by atoms with E-state index in [1.165, 1.54) is 18.2 Å². The molecule has 0 aromatic heterocycles. The van der Waals surface area contributed by atoms with Gasteiger partial charge in [-0.25, -0.2) is 0 Å². The Morgan fingerprint density at radius 3 is 1.57 bits per heavy atom. The van der Waals surface area contributed by atoms with Crippen LogP contribution in [0, 0.1) is 0 Å². The quantitative estimate of drug-likeness (QED) is 0.0715. The van der Waals surface area contributed by atoms with Gasteiger partial charge in [0.25, 0.3) is 10.1 Å².